The molecule has 0 bridgehead atoms. The van der Waals surface area contributed by atoms with Gasteiger partial charge in [0.05, 0.1) is 11.2 Å². The van der Waals surface area contributed by atoms with Gasteiger partial charge in [0, 0.05) is 30.3 Å². The Bertz CT molecular complexity index is 882. The molecule has 2 heterocycles. The summed E-state index contributed by atoms with van der Waals surface area (Å²) < 4.78 is 1.82. The summed E-state index contributed by atoms with van der Waals surface area (Å²) in [5.41, 5.74) is 2.65. The highest BCUT2D eigenvalue weighted by Gasteiger charge is 2.31. The second-order valence-corrected chi connectivity index (χ2v) is 8.84. The van der Waals surface area contributed by atoms with E-state index in [1.807, 2.05) is 36.4 Å². The molecule has 2 amide bonds. The number of benzene rings is 1. The molecule has 0 spiro atoms. The van der Waals surface area contributed by atoms with Gasteiger partial charge in [-0.1, -0.05) is 0 Å². The lowest BCUT2D eigenvalue weighted by molar-refractivity contribution is 0.0792. The molecule has 1 aromatic carbocycles. The second kappa shape index (κ2) is 7.08. The third-order valence-electron chi connectivity index (χ3n) is 5.37. The molecule has 148 valence electrons. The van der Waals surface area contributed by atoms with E-state index in [1.54, 1.807) is 24.3 Å². The zero-order chi connectivity index (χ0) is 19.9. The van der Waals surface area contributed by atoms with Crippen LogP contribution in [0.25, 0.3) is 0 Å². The quantitative estimate of drug-likeness (QED) is 0.872. The first kappa shape index (κ1) is 18.7. The van der Waals surface area contributed by atoms with Crippen LogP contribution < -0.4 is 5.32 Å². The van der Waals surface area contributed by atoms with Gasteiger partial charge in [-0.05, 0) is 76.8 Å². The lowest BCUT2D eigenvalue weighted by atomic mass is 10.1. The van der Waals surface area contributed by atoms with Crippen LogP contribution in [0.4, 0.5) is 5.69 Å². The van der Waals surface area contributed by atoms with Crippen molar-refractivity contribution in [3.63, 3.8) is 0 Å². The maximum Gasteiger partial charge on any atom is 0.273 e. The van der Waals surface area contributed by atoms with Crippen molar-refractivity contribution in [2.75, 3.05) is 18.4 Å². The number of hydrogen-bond acceptors (Lipinski definition) is 3. The van der Waals surface area contributed by atoms with Gasteiger partial charge in [0.15, 0.2) is 0 Å². The number of nitrogens with zero attached hydrogens (tertiary/aromatic N) is 3. The van der Waals surface area contributed by atoms with Gasteiger partial charge in [-0.15, -0.1) is 0 Å². The first-order valence-electron chi connectivity index (χ1n) is 10.1. The Morgan fingerprint density at radius 2 is 1.71 bits per heavy atom. The van der Waals surface area contributed by atoms with Gasteiger partial charge >= 0.3 is 0 Å². The molecule has 2 aromatic rings. The molecule has 1 saturated heterocycles. The standard InChI is InChI=1S/C22H28N4O2/c1-22(2,3)26-19(14-18(24-26)15-6-7-15)20(27)23-17-10-8-16(9-11-17)21(28)25-12-4-5-13-25/h8-11,14-15H,4-7,12-13H2,1-3H3,(H,23,27). The Kier molecular flexibility index (Phi) is 4.73. The van der Waals surface area contributed by atoms with Gasteiger partial charge < -0.3 is 10.2 Å². The Hall–Kier alpha value is -2.63. The first-order valence-corrected chi connectivity index (χ1v) is 10.1. The normalized spacial score (nSPS) is 17.0. The van der Waals surface area contributed by atoms with E-state index in [1.165, 1.54) is 0 Å². The molecule has 2 fully saturated rings. The average molecular weight is 380 g/mol. The van der Waals surface area contributed by atoms with Crippen LogP contribution in [-0.2, 0) is 5.54 Å². The summed E-state index contributed by atoms with van der Waals surface area (Å²) in [5, 5.41) is 7.65. The largest absolute Gasteiger partial charge is 0.339 e. The predicted molar refractivity (Wildman–Crippen MR) is 109 cm³/mol. The van der Waals surface area contributed by atoms with Crippen LogP contribution in [0.15, 0.2) is 30.3 Å². The van der Waals surface area contributed by atoms with Crippen molar-refractivity contribution in [1.82, 2.24) is 14.7 Å². The van der Waals surface area contributed by atoms with E-state index < -0.39 is 0 Å². The van der Waals surface area contributed by atoms with Crippen molar-refractivity contribution in [1.29, 1.82) is 0 Å². The molecule has 0 atom stereocenters. The number of hydrogen-bond donors (Lipinski definition) is 1. The third-order valence-corrected chi connectivity index (χ3v) is 5.37. The summed E-state index contributed by atoms with van der Waals surface area (Å²) in [6, 6.07) is 9.07. The third kappa shape index (κ3) is 3.81. The molecule has 28 heavy (non-hydrogen) atoms. The van der Waals surface area contributed by atoms with E-state index in [2.05, 4.69) is 5.32 Å². The zero-order valence-electron chi connectivity index (χ0n) is 16.9. The minimum atomic E-state index is -0.272. The maximum atomic E-state index is 12.9. The summed E-state index contributed by atoms with van der Waals surface area (Å²) in [6.45, 7) is 7.81. The minimum Gasteiger partial charge on any atom is -0.339 e. The molecule has 4 rings (SSSR count). The number of rotatable bonds is 4. The molecule has 1 aliphatic heterocycles. The van der Waals surface area contributed by atoms with Crippen LogP contribution in [0, 0.1) is 0 Å². The Morgan fingerprint density at radius 3 is 2.29 bits per heavy atom. The van der Waals surface area contributed by atoms with E-state index >= 15 is 0 Å². The molecule has 0 unspecified atom stereocenters. The predicted octanol–water partition coefficient (Wildman–Crippen LogP) is 4.00. The Morgan fingerprint density at radius 1 is 1.07 bits per heavy atom. The number of amides is 2. The highest BCUT2D eigenvalue weighted by molar-refractivity contribution is 6.03. The average Bonchev–Trinajstić information content (AvgIpc) is 3.18. The smallest absolute Gasteiger partial charge is 0.273 e. The van der Waals surface area contributed by atoms with Crippen LogP contribution in [0.2, 0.25) is 0 Å². The van der Waals surface area contributed by atoms with E-state index in [0.29, 0.717) is 22.9 Å². The van der Waals surface area contributed by atoms with E-state index in [0.717, 1.165) is 44.5 Å². The first-order chi connectivity index (χ1) is 13.3. The van der Waals surface area contributed by atoms with Gasteiger partial charge in [-0.25, -0.2) is 0 Å². The molecule has 6 heteroatoms. The second-order valence-electron chi connectivity index (χ2n) is 8.84. The highest BCUT2D eigenvalue weighted by Crippen LogP contribution is 2.40. The lowest BCUT2D eigenvalue weighted by Crippen LogP contribution is -2.29. The number of anilines is 1. The fourth-order valence-electron chi connectivity index (χ4n) is 3.65. The molecule has 1 saturated carbocycles. The molecule has 1 N–H and O–H groups in total. The van der Waals surface area contributed by atoms with Crippen LogP contribution in [0.5, 0.6) is 0 Å². The Balaban J connectivity index is 1.50. The van der Waals surface area contributed by atoms with Crippen LogP contribution in [-0.4, -0.2) is 39.6 Å². The van der Waals surface area contributed by atoms with Crippen molar-refractivity contribution in [2.24, 2.45) is 0 Å². The van der Waals surface area contributed by atoms with Crippen molar-refractivity contribution < 1.29 is 9.59 Å². The van der Waals surface area contributed by atoms with Gasteiger partial charge in [-0.2, -0.15) is 5.10 Å². The molecule has 1 aromatic heterocycles. The van der Waals surface area contributed by atoms with Gasteiger partial charge in [0.2, 0.25) is 0 Å². The zero-order valence-corrected chi connectivity index (χ0v) is 16.9. The monoisotopic (exact) mass is 380 g/mol. The number of nitrogens with one attached hydrogen (secondary N) is 1. The number of carbonyl (C=O) groups excluding carboxylic acids is 2. The van der Waals surface area contributed by atoms with Gasteiger partial charge in [0.25, 0.3) is 11.8 Å². The van der Waals surface area contributed by atoms with Crippen LogP contribution >= 0.6 is 0 Å². The molecule has 1 aliphatic carbocycles. The summed E-state index contributed by atoms with van der Waals surface area (Å²) in [7, 11) is 0. The summed E-state index contributed by atoms with van der Waals surface area (Å²) >= 11 is 0. The highest BCUT2D eigenvalue weighted by atomic mass is 16.2. The van der Waals surface area contributed by atoms with Crippen LogP contribution in [0.3, 0.4) is 0 Å². The van der Waals surface area contributed by atoms with Crippen LogP contribution in [0.1, 0.15) is 78.9 Å². The van der Waals surface area contributed by atoms with Crippen molar-refractivity contribution in [3.8, 4) is 0 Å². The fourth-order valence-corrected chi connectivity index (χ4v) is 3.65. The molecule has 0 radical (unpaired) electrons. The molecule has 2 aliphatic rings. The SMILES string of the molecule is CC(C)(C)n1nc(C2CC2)cc1C(=O)Nc1ccc(C(=O)N2CCCC2)cc1. The fraction of sp³-hybridized carbons (Fsp3) is 0.500. The number of likely N-dealkylation sites (tertiary alicyclic amines) is 1. The number of carbonyl (C=O) groups is 2. The van der Waals surface area contributed by atoms with E-state index in [-0.39, 0.29) is 17.4 Å². The van der Waals surface area contributed by atoms with Crippen molar-refractivity contribution in [2.45, 2.75) is 57.9 Å². The van der Waals surface area contributed by atoms with Gasteiger partial charge in [0.1, 0.15) is 5.69 Å². The topological polar surface area (TPSA) is 67.2 Å². The minimum absolute atomic E-state index is 0.0651. The van der Waals surface area contributed by atoms with Crippen molar-refractivity contribution >= 4 is 17.5 Å². The van der Waals surface area contributed by atoms with E-state index in [4.69, 9.17) is 5.10 Å². The molecule has 6 nitrogen and oxygen atoms in total. The summed E-state index contributed by atoms with van der Waals surface area (Å²) in [5.74, 6) is 0.384. The van der Waals surface area contributed by atoms with Gasteiger partial charge in [-0.3, -0.25) is 14.3 Å². The summed E-state index contributed by atoms with van der Waals surface area (Å²) in [6.07, 6.45) is 4.44. The van der Waals surface area contributed by atoms with E-state index in [9.17, 15) is 9.59 Å². The lowest BCUT2D eigenvalue weighted by Gasteiger charge is -2.22. The molecular formula is C22H28N4O2. The Labute approximate surface area is 165 Å². The van der Waals surface area contributed by atoms with Crippen molar-refractivity contribution in [3.05, 3.63) is 47.3 Å². The molecular weight excluding hydrogens is 352 g/mol. The maximum absolute atomic E-state index is 12.9. The number of aromatic nitrogens is 2. The summed E-state index contributed by atoms with van der Waals surface area (Å²) in [4.78, 5) is 27.3.